The van der Waals surface area contributed by atoms with Crippen LogP contribution in [0.25, 0.3) is 0 Å². The Balaban J connectivity index is 4.28. The van der Waals surface area contributed by atoms with E-state index in [2.05, 4.69) is 0 Å². The quantitative estimate of drug-likeness (QED) is 0.668. The zero-order chi connectivity index (χ0) is 9.89. The molecular formula is C8H14O4. The summed E-state index contributed by atoms with van der Waals surface area (Å²) in [6, 6.07) is 0. The molecule has 70 valence electrons. The third-order valence-corrected chi connectivity index (χ3v) is 2.36. The van der Waals surface area contributed by atoms with Crippen LogP contribution in [0.3, 0.4) is 0 Å². The molecule has 4 heteroatoms. The molecule has 0 amide bonds. The minimum absolute atomic E-state index is 0.347. The number of carboxylic acids is 2. The van der Waals surface area contributed by atoms with Gasteiger partial charge in [-0.15, -0.1) is 0 Å². The lowest BCUT2D eigenvalue weighted by Crippen LogP contribution is -2.28. The lowest BCUT2D eigenvalue weighted by atomic mass is 9.85. The van der Waals surface area contributed by atoms with Gasteiger partial charge in [-0.1, -0.05) is 20.8 Å². The summed E-state index contributed by atoms with van der Waals surface area (Å²) < 4.78 is 0. The Labute approximate surface area is 71.2 Å². The molecule has 0 heterocycles. The summed E-state index contributed by atoms with van der Waals surface area (Å²) in [5.74, 6) is -3.47. The van der Waals surface area contributed by atoms with Crippen LogP contribution in [-0.4, -0.2) is 22.2 Å². The molecule has 0 aliphatic rings. The molecule has 0 rings (SSSR count). The van der Waals surface area contributed by atoms with Crippen molar-refractivity contribution in [1.29, 1.82) is 0 Å². The first kappa shape index (κ1) is 10.9. The van der Waals surface area contributed by atoms with E-state index in [1.807, 2.05) is 0 Å². The van der Waals surface area contributed by atoms with E-state index in [-0.39, 0.29) is 5.92 Å². The van der Waals surface area contributed by atoms with Gasteiger partial charge >= 0.3 is 11.9 Å². The maximum Gasteiger partial charge on any atom is 0.306 e. The van der Waals surface area contributed by atoms with E-state index in [1.54, 1.807) is 6.92 Å². The van der Waals surface area contributed by atoms with Crippen molar-refractivity contribution >= 4 is 11.9 Å². The van der Waals surface area contributed by atoms with Crippen molar-refractivity contribution in [1.82, 2.24) is 0 Å². The molecule has 0 aliphatic carbocycles. The maximum absolute atomic E-state index is 10.5. The summed E-state index contributed by atoms with van der Waals surface area (Å²) >= 11 is 0. The van der Waals surface area contributed by atoms with Gasteiger partial charge in [0, 0.05) is 0 Å². The van der Waals surface area contributed by atoms with Crippen molar-refractivity contribution in [2.24, 2.45) is 17.8 Å². The van der Waals surface area contributed by atoms with E-state index in [0.717, 1.165) is 0 Å². The average molecular weight is 174 g/mol. The first-order chi connectivity index (χ1) is 5.37. The molecule has 0 aromatic heterocycles. The van der Waals surface area contributed by atoms with E-state index < -0.39 is 23.8 Å². The fraction of sp³-hybridized carbons (Fsp3) is 0.750. The molecular weight excluding hydrogens is 160 g/mol. The van der Waals surface area contributed by atoms with Crippen molar-refractivity contribution in [2.75, 3.05) is 0 Å². The molecule has 0 saturated heterocycles. The van der Waals surface area contributed by atoms with Crippen LogP contribution in [0.15, 0.2) is 0 Å². The maximum atomic E-state index is 10.5. The molecule has 0 spiro atoms. The molecule has 0 aromatic rings. The van der Waals surface area contributed by atoms with E-state index in [9.17, 15) is 9.59 Å². The number of rotatable bonds is 4. The van der Waals surface area contributed by atoms with E-state index >= 15 is 0 Å². The number of hydrogen-bond donors (Lipinski definition) is 2. The highest BCUT2D eigenvalue weighted by atomic mass is 16.4. The lowest BCUT2D eigenvalue weighted by Gasteiger charge is -2.19. The van der Waals surface area contributed by atoms with Crippen molar-refractivity contribution < 1.29 is 19.8 Å². The molecule has 2 N–H and O–H groups in total. The average Bonchev–Trinajstić information content (AvgIpc) is 2.00. The Hall–Kier alpha value is -1.06. The molecule has 0 bridgehead atoms. The fourth-order valence-electron chi connectivity index (χ4n) is 0.883. The van der Waals surface area contributed by atoms with Gasteiger partial charge in [0.05, 0.1) is 11.8 Å². The van der Waals surface area contributed by atoms with E-state index in [0.29, 0.717) is 0 Å². The number of aliphatic carboxylic acids is 2. The Kier molecular flexibility index (Phi) is 3.73. The summed E-state index contributed by atoms with van der Waals surface area (Å²) in [4.78, 5) is 20.9. The minimum Gasteiger partial charge on any atom is -0.481 e. The second-order valence-electron chi connectivity index (χ2n) is 3.11. The van der Waals surface area contributed by atoms with Crippen molar-refractivity contribution in [3.63, 3.8) is 0 Å². The predicted octanol–water partition coefficient (Wildman–Crippen LogP) is 1.06. The normalized spacial score (nSPS) is 17.9. The SMILES string of the molecule is CC([C@H](C)C(=O)O)[C@@H](C)C(=O)O. The van der Waals surface area contributed by atoms with Gasteiger partial charge in [0.2, 0.25) is 0 Å². The van der Waals surface area contributed by atoms with Crippen LogP contribution in [0, 0.1) is 17.8 Å². The number of carboxylic acid groups (broad SMARTS) is 2. The van der Waals surface area contributed by atoms with Crippen molar-refractivity contribution in [3.8, 4) is 0 Å². The zero-order valence-electron chi connectivity index (χ0n) is 7.44. The molecule has 4 nitrogen and oxygen atoms in total. The van der Waals surface area contributed by atoms with Crippen LogP contribution in [0.4, 0.5) is 0 Å². The number of carbonyl (C=O) groups is 2. The summed E-state index contributed by atoms with van der Waals surface area (Å²) in [5.41, 5.74) is 0. The van der Waals surface area contributed by atoms with Crippen LogP contribution >= 0.6 is 0 Å². The fourth-order valence-corrected chi connectivity index (χ4v) is 0.883. The number of hydrogen-bond acceptors (Lipinski definition) is 2. The van der Waals surface area contributed by atoms with Gasteiger partial charge in [-0.05, 0) is 5.92 Å². The zero-order valence-corrected chi connectivity index (χ0v) is 7.44. The second-order valence-corrected chi connectivity index (χ2v) is 3.11. The van der Waals surface area contributed by atoms with E-state index in [1.165, 1.54) is 13.8 Å². The third-order valence-electron chi connectivity index (χ3n) is 2.36. The van der Waals surface area contributed by atoms with Gasteiger partial charge in [-0.2, -0.15) is 0 Å². The molecule has 0 fully saturated rings. The molecule has 0 radical (unpaired) electrons. The summed E-state index contributed by atoms with van der Waals surface area (Å²) in [6.07, 6.45) is 0. The van der Waals surface area contributed by atoms with E-state index in [4.69, 9.17) is 10.2 Å². The largest absolute Gasteiger partial charge is 0.481 e. The monoisotopic (exact) mass is 174 g/mol. The first-order valence-corrected chi connectivity index (χ1v) is 3.83. The first-order valence-electron chi connectivity index (χ1n) is 3.83. The van der Waals surface area contributed by atoms with Gasteiger partial charge in [0.15, 0.2) is 0 Å². The highest BCUT2D eigenvalue weighted by Crippen LogP contribution is 2.20. The molecule has 12 heavy (non-hydrogen) atoms. The molecule has 1 unspecified atom stereocenters. The van der Waals surface area contributed by atoms with Crippen LogP contribution < -0.4 is 0 Å². The van der Waals surface area contributed by atoms with Crippen molar-refractivity contribution in [3.05, 3.63) is 0 Å². The standard InChI is InChI=1S/C8H14O4/c1-4(5(2)7(9)10)6(3)8(11)12/h4-6H,1-3H3,(H,9,10)(H,11,12)/t4?,5-,6+. The van der Waals surface area contributed by atoms with Gasteiger partial charge in [-0.25, -0.2) is 0 Å². The van der Waals surface area contributed by atoms with Crippen LogP contribution in [0.5, 0.6) is 0 Å². The molecule has 0 aliphatic heterocycles. The van der Waals surface area contributed by atoms with Gasteiger partial charge < -0.3 is 10.2 Å². The van der Waals surface area contributed by atoms with Crippen molar-refractivity contribution in [2.45, 2.75) is 20.8 Å². The van der Waals surface area contributed by atoms with Crippen LogP contribution in [0.1, 0.15) is 20.8 Å². The van der Waals surface area contributed by atoms with Gasteiger partial charge in [0.1, 0.15) is 0 Å². The Morgan fingerprint density at radius 1 is 0.917 bits per heavy atom. The van der Waals surface area contributed by atoms with Crippen LogP contribution in [-0.2, 0) is 9.59 Å². The summed E-state index contributed by atoms with van der Waals surface area (Å²) in [5, 5.41) is 17.2. The molecule has 3 atom stereocenters. The highest BCUT2D eigenvalue weighted by molar-refractivity contribution is 5.73. The Bertz CT molecular complexity index is 167. The highest BCUT2D eigenvalue weighted by Gasteiger charge is 2.28. The lowest BCUT2D eigenvalue weighted by molar-refractivity contribution is -0.147. The molecule has 0 saturated carbocycles. The second kappa shape index (κ2) is 4.09. The summed E-state index contributed by atoms with van der Waals surface area (Å²) in [7, 11) is 0. The van der Waals surface area contributed by atoms with Gasteiger partial charge in [0.25, 0.3) is 0 Å². The topological polar surface area (TPSA) is 74.6 Å². The third kappa shape index (κ3) is 2.53. The molecule has 0 aromatic carbocycles. The Morgan fingerprint density at radius 3 is 1.33 bits per heavy atom. The smallest absolute Gasteiger partial charge is 0.306 e. The van der Waals surface area contributed by atoms with Gasteiger partial charge in [-0.3, -0.25) is 9.59 Å². The summed E-state index contributed by atoms with van der Waals surface area (Å²) in [6.45, 7) is 4.68. The van der Waals surface area contributed by atoms with Crippen LogP contribution in [0.2, 0.25) is 0 Å². The predicted molar refractivity (Wildman–Crippen MR) is 42.8 cm³/mol. The minimum atomic E-state index is -0.949. The Morgan fingerprint density at radius 2 is 1.17 bits per heavy atom.